The van der Waals surface area contributed by atoms with Crippen molar-refractivity contribution in [1.29, 1.82) is 0 Å². The number of carboxylic acid groups (broad SMARTS) is 2. The van der Waals surface area contributed by atoms with E-state index in [0.29, 0.717) is 38.0 Å². The fraction of sp³-hybridized carbons (Fsp3) is 0.273. The fourth-order valence-electron chi connectivity index (χ4n) is 4.69. The Morgan fingerprint density at radius 3 is 2.38 bits per heavy atom. The highest BCUT2D eigenvalue weighted by atomic mass is 35.5. The number of para-hydroxylation sites is 1. The van der Waals surface area contributed by atoms with Crippen LogP contribution in [0, 0.1) is 12.7 Å². The molecule has 0 radical (unpaired) electrons. The average molecular weight is 594 g/mol. The maximum atomic E-state index is 14.2. The van der Waals surface area contributed by atoms with Crippen LogP contribution in [0.2, 0.25) is 5.02 Å². The highest BCUT2D eigenvalue weighted by Gasteiger charge is 2.14. The summed E-state index contributed by atoms with van der Waals surface area (Å²) in [6.45, 7) is 2.30. The number of fused-ring (bicyclic) bond motifs is 1. The van der Waals surface area contributed by atoms with Gasteiger partial charge in [-0.05, 0) is 73.1 Å². The number of hydrogen-bond donors (Lipinski definition) is 2. The number of rotatable bonds is 15. The Labute approximate surface area is 248 Å². The van der Waals surface area contributed by atoms with Crippen LogP contribution in [0.25, 0.3) is 23.1 Å². The van der Waals surface area contributed by atoms with Crippen LogP contribution in [0.15, 0.2) is 60.8 Å². The Morgan fingerprint density at radius 2 is 1.67 bits per heavy atom. The lowest BCUT2D eigenvalue weighted by Crippen LogP contribution is -2.07. The van der Waals surface area contributed by atoms with Crippen LogP contribution in [0.4, 0.5) is 4.39 Å². The molecule has 1 heterocycles. The first-order valence-electron chi connectivity index (χ1n) is 13.8. The molecule has 7 nitrogen and oxygen atoms in total. The summed E-state index contributed by atoms with van der Waals surface area (Å²) in [6.07, 6.45) is 8.21. The Hall–Kier alpha value is -4.30. The number of ether oxygens (including phenoxy) is 2. The zero-order chi connectivity index (χ0) is 30.1. The first-order chi connectivity index (χ1) is 20.2. The first-order valence-corrected chi connectivity index (χ1v) is 14.1. The van der Waals surface area contributed by atoms with Gasteiger partial charge in [-0.1, -0.05) is 60.2 Å². The summed E-state index contributed by atoms with van der Waals surface area (Å²) in [5.74, 6) is -1.42. The molecule has 0 amide bonds. The Balaban J connectivity index is 1.34. The quantitative estimate of drug-likeness (QED) is 0.109. The van der Waals surface area contributed by atoms with Crippen molar-refractivity contribution in [2.24, 2.45) is 0 Å². The molecule has 0 aliphatic rings. The summed E-state index contributed by atoms with van der Waals surface area (Å²) < 4.78 is 27.2. The zero-order valence-corrected chi connectivity index (χ0v) is 24.1. The molecule has 0 spiro atoms. The second-order valence-corrected chi connectivity index (χ2v) is 10.4. The van der Waals surface area contributed by atoms with E-state index in [1.54, 1.807) is 23.6 Å². The maximum absolute atomic E-state index is 14.2. The van der Waals surface area contributed by atoms with Crippen LogP contribution in [0.1, 0.15) is 47.9 Å². The van der Waals surface area contributed by atoms with Gasteiger partial charge in [0, 0.05) is 18.0 Å². The summed E-state index contributed by atoms with van der Waals surface area (Å²) in [5.41, 5.74) is 4.04. The normalized spacial score (nSPS) is 11.3. The standard InChI is InChI=1S/C33H33ClFNO6/c1-22-10-17-28(34)33(31(22)35)42-19-3-2-18-41-26-15-12-23(13-16-26)11-14-24-6-4-8-27-25(7-5-9-29(37)38)20-36(32(24)27)21-30(39)40/h4,6,8,10-17,20H,2-3,5,7,9,18-19,21H2,1H3,(H,37,38)(H,39,40)/b14-11+. The predicted octanol–water partition coefficient (Wildman–Crippen LogP) is 7.64. The number of halogens is 2. The van der Waals surface area contributed by atoms with E-state index in [1.807, 2.05) is 60.8 Å². The number of benzene rings is 3. The fourth-order valence-corrected chi connectivity index (χ4v) is 4.89. The molecule has 0 bridgehead atoms. The van der Waals surface area contributed by atoms with Gasteiger partial charge < -0.3 is 24.3 Å². The SMILES string of the molecule is Cc1ccc(Cl)c(OCCCCOc2ccc(/C=C/c3cccc4c(CCCC(=O)O)cn(CC(=O)O)c34)cc2)c1F. The number of hydrogen-bond acceptors (Lipinski definition) is 4. The molecule has 0 aliphatic carbocycles. The molecule has 0 saturated heterocycles. The minimum Gasteiger partial charge on any atom is -0.494 e. The number of aryl methyl sites for hydroxylation is 2. The number of carboxylic acids is 2. The van der Waals surface area contributed by atoms with E-state index in [9.17, 15) is 19.1 Å². The van der Waals surface area contributed by atoms with Gasteiger partial charge in [0.25, 0.3) is 0 Å². The van der Waals surface area contributed by atoms with Crippen LogP contribution in [0.3, 0.4) is 0 Å². The van der Waals surface area contributed by atoms with Crippen LogP contribution in [0.5, 0.6) is 11.5 Å². The van der Waals surface area contributed by atoms with Crippen LogP contribution in [-0.4, -0.2) is 39.9 Å². The molecule has 4 aromatic rings. The first kappa shape index (κ1) is 30.7. The largest absolute Gasteiger partial charge is 0.494 e. The second-order valence-electron chi connectivity index (χ2n) is 9.98. The van der Waals surface area contributed by atoms with Gasteiger partial charge >= 0.3 is 11.9 Å². The van der Waals surface area contributed by atoms with Gasteiger partial charge in [0.2, 0.25) is 0 Å². The monoisotopic (exact) mass is 593 g/mol. The topological polar surface area (TPSA) is 98.0 Å². The highest BCUT2D eigenvalue weighted by Crippen LogP contribution is 2.30. The highest BCUT2D eigenvalue weighted by molar-refractivity contribution is 6.32. The van der Waals surface area contributed by atoms with Crippen LogP contribution in [-0.2, 0) is 22.6 Å². The van der Waals surface area contributed by atoms with E-state index in [4.69, 9.17) is 26.2 Å². The van der Waals surface area contributed by atoms with Crippen molar-refractivity contribution in [1.82, 2.24) is 4.57 Å². The van der Waals surface area contributed by atoms with Gasteiger partial charge in [0.1, 0.15) is 12.3 Å². The molecule has 2 N–H and O–H groups in total. The number of nitrogens with zero attached hydrogens (tertiary/aromatic N) is 1. The summed E-state index contributed by atoms with van der Waals surface area (Å²) >= 11 is 6.04. The number of aromatic nitrogens is 1. The summed E-state index contributed by atoms with van der Waals surface area (Å²) in [4.78, 5) is 22.5. The van der Waals surface area contributed by atoms with E-state index < -0.39 is 17.8 Å². The third kappa shape index (κ3) is 8.13. The molecule has 4 rings (SSSR count). The second kappa shape index (κ2) is 14.5. The van der Waals surface area contributed by atoms with Gasteiger partial charge in [-0.25, -0.2) is 4.39 Å². The Kier molecular flexibility index (Phi) is 10.6. The Morgan fingerprint density at radius 1 is 0.929 bits per heavy atom. The summed E-state index contributed by atoms with van der Waals surface area (Å²) in [6, 6.07) is 16.7. The van der Waals surface area contributed by atoms with Gasteiger partial charge in [0.15, 0.2) is 11.6 Å². The predicted molar refractivity (Wildman–Crippen MR) is 162 cm³/mol. The van der Waals surface area contributed by atoms with Gasteiger partial charge in [-0.2, -0.15) is 0 Å². The molecule has 0 unspecified atom stereocenters. The third-order valence-electron chi connectivity index (χ3n) is 6.79. The van der Waals surface area contributed by atoms with Crippen molar-refractivity contribution in [2.45, 2.75) is 45.6 Å². The molecule has 3 aromatic carbocycles. The van der Waals surface area contributed by atoms with Gasteiger partial charge in [0.05, 0.1) is 23.8 Å². The van der Waals surface area contributed by atoms with E-state index in [2.05, 4.69) is 0 Å². The van der Waals surface area contributed by atoms with Crippen LogP contribution >= 0.6 is 11.6 Å². The molecule has 42 heavy (non-hydrogen) atoms. The lowest BCUT2D eigenvalue weighted by molar-refractivity contribution is -0.138. The third-order valence-corrected chi connectivity index (χ3v) is 7.08. The van der Waals surface area contributed by atoms with Crippen molar-refractivity contribution in [2.75, 3.05) is 13.2 Å². The van der Waals surface area contributed by atoms with Crippen LogP contribution < -0.4 is 9.47 Å². The Bertz CT molecular complexity index is 1580. The molecule has 0 fully saturated rings. The molecular formula is C33H33ClFNO6. The molecule has 0 aliphatic heterocycles. The minimum atomic E-state index is -0.949. The minimum absolute atomic E-state index is 0.0594. The molecular weight excluding hydrogens is 561 g/mol. The lowest BCUT2D eigenvalue weighted by atomic mass is 10.0. The van der Waals surface area contributed by atoms with E-state index in [-0.39, 0.29) is 23.7 Å². The smallest absolute Gasteiger partial charge is 0.323 e. The van der Waals surface area contributed by atoms with Crippen molar-refractivity contribution < 1.29 is 33.7 Å². The summed E-state index contributed by atoms with van der Waals surface area (Å²) in [5, 5.41) is 19.6. The zero-order valence-electron chi connectivity index (χ0n) is 23.3. The number of aliphatic carboxylic acids is 2. The van der Waals surface area contributed by atoms with E-state index in [1.165, 1.54) is 0 Å². The average Bonchev–Trinajstić information content (AvgIpc) is 3.30. The van der Waals surface area contributed by atoms with E-state index in [0.717, 1.165) is 39.8 Å². The summed E-state index contributed by atoms with van der Waals surface area (Å²) in [7, 11) is 0. The van der Waals surface area contributed by atoms with Crippen molar-refractivity contribution in [3.8, 4) is 11.5 Å². The van der Waals surface area contributed by atoms with E-state index >= 15 is 0 Å². The van der Waals surface area contributed by atoms with Crippen molar-refractivity contribution in [3.63, 3.8) is 0 Å². The number of carbonyl (C=O) groups is 2. The molecule has 9 heteroatoms. The van der Waals surface area contributed by atoms with Gasteiger partial charge in [-0.3, -0.25) is 9.59 Å². The molecule has 1 aromatic heterocycles. The van der Waals surface area contributed by atoms with Crippen molar-refractivity contribution >= 4 is 46.6 Å². The lowest BCUT2D eigenvalue weighted by Gasteiger charge is -2.11. The molecule has 220 valence electrons. The molecule has 0 atom stereocenters. The van der Waals surface area contributed by atoms with Gasteiger partial charge in [-0.15, -0.1) is 0 Å². The molecule has 0 saturated carbocycles. The maximum Gasteiger partial charge on any atom is 0.323 e. The van der Waals surface area contributed by atoms with Crippen molar-refractivity contribution in [3.05, 3.63) is 93.9 Å². The number of unbranched alkanes of at least 4 members (excludes halogenated alkanes) is 1.